The first-order valence-electron chi connectivity index (χ1n) is 3.36. The Labute approximate surface area is 53.1 Å². The third-order valence-corrected chi connectivity index (χ3v) is 1.53. The molecule has 2 atom stereocenters. The Kier molecular flexibility index (Phi) is 3.53. The molecule has 44 valence electrons. The molecule has 0 aromatic carbocycles. The highest BCUT2D eigenvalue weighted by molar-refractivity contribution is 7.80. The van der Waals surface area contributed by atoms with E-state index in [1.807, 2.05) is 6.92 Å². The minimum Gasteiger partial charge on any atom is -0.176 e. The van der Waals surface area contributed by atoms with Crippen molar-refractivity contribution in [1.82, 2.24) is 0 Å². The van der Waals surface area contributed by atoms with Crippen molar-refractivity contribution in [2.75, 3.05) is 0 Å². The molecule has 0 aromatic rings. The van der Waals surface area contributed by atoms with Crippen LogP contribution in [0.2, 0.25) is 0 Å². The Morgan fingerprint density at radius 1 is 1.71 bits per heavy atom. The Morgan fingerprint density at radius 2 is 2.29 bits per heavy atom. The van der Waals surface area contributed by atoms with Gasteiger partial charge in [-0.15, -0.1) is 0 Å². The molecule has 0 aromatic heterocycles. The van der Waals surface area contributed by atoms with Crippen molar-refractivity contribution in [3.63, 3.8) is 0 Å². The second kappa shape index (κ2) is 4.51. The van der Waals surface area contributed by atoms with Crippen LogP contribution in [0.15, 0.2) is 0 Å². The van der Waals surface area contributed by atoms with Gasteiger partial charge in [-0.1, -0.05) is 20.3 Å². The largest absolute Gasteiger partial charge is 0.176 e. The van der Waals surface area contributed by atoms with E-state index in [0.29, 0.717) is 0 Å². The van der Waals surface area contributed by atoms with Crippen molar-refractivity contribution in [3.05, 3.63) is 0 Å². The van der Waals surface area contributed by atoms with Crippen LogP contribution in [0.25, 0.3) is 0 Å². The fraction of sp³-hybridized carbons (Fsp3) is 1.00. The van der Waals surface area contributed by atoms with Crippen LogP contribution in [0.3, 0.4) is 0 Å². The molecule has 0 aliphatic rings. The molecule has 0 fully saturated rings. The lowest BCUT2D eigenvalue weighted by Gasteiger charge is -2.01. The highest BCUT2D eigenvalue weighted by atomic mass is 32.1. The van der Waals surface area contributed by atoms with Gasteiger partial charge in [0.1, 0.15) is 0 Å². The van der Waals surface area contributed by atoms with Gasteiger partial charge in [0.05, 0.1) is 0 Å². The molecule has 1 heteroatoms. The summed E-state index contributed by atoms with van der Waals surface area (Å²) in [4.78, 5) is 0. The Balaban J connectivity index is 3.17. The molecule has 0 aliphatic carbocycles. The van der Waals surface area contributed by atoms with Gasteiger partial charge < -0.3 is 0 Å². The first-order chi connectivity index (χ1) is 3.68. The minimum atomic E-state index is -0.0155. The van der Waals surface area contributed by atoms with E-state index < -0.39 is 0 Å². The van der Waals surface area contributed by atoms with Crippen LogP contribution in [0, 0.1) is 0 Å². The van der Waals surface area contributed by atoms with Crippen molar-refractivity contribution >= 4 is 12.6 Å². The quantitative estimate of drug-likeness (QED) is 0.543. The van der Waals surface area contributed by atoms with E-state index in [2.05, 4.69) is 19.6 Å². The summed E-state index contributed by atoms with van der Waals surface area (Å²) < 4.78 is 7.21. The molecular weight excluding hydrogens is 104 g/mol. The van der Waals surface area contributed by atoms with Crippen LogP contribution in [-0.2, 0) is 0 Å². The topological polar surface area (TPSA) is 0 Å². The van der Waals surface area contributed by atoms with Crippen molar-refractivity contribution in [3.8, 4) is 0 Å². The smallest absolute Gasteiger partial charge is 0.0275 e. The fourth-order valence-corrected chi connectivity index (χ4v) is 0.721. The maximum atomic E-state index is 7.21. The average Bonchev–Trinajstić information content (AvgIpc) is 1.67. The van der Waals surface area contributed by atoms with Gasteiger partial charge in [0.15, 0.2) is 0 Å². The summed E-state index contributed by atoms with van der Waals surface area (Å²) in [6, 6.07) is 0. The molecule has 0 saturated heterocycles. The van der Waals surface area contributed by atoms with Crippen LogP contribution in [0.4, 0.5) is 0 Å². The molecular formula is C6H14S. The van der Waals surface area contributed by atoms with Crippen LogP contribution < -0.4 is 0 Å². The van der Waals surface area contributed by atoms with Gasteiger partial charge in [0, 0.05) is 6.62 Å². The summed E-state index contributed by atoms with van der Waals surface area (Å²) in [7, 11) is 0. The number of hydrogen-bond acceptors (Lipinski definition) is 1. The lowest BCUT2D eigenvalue weighted by atomic mass is 10.2. The SMILES string of the molecule is [3H]C(C)C(S)CCC. The second-order valence-corrected chi connectivity index (χ2v) is 2.35. The number of rotatable bonds is 3. The van der Waals surface area contributed by atoms with Gasteiger partial charge in [-0.25, -0.2) is 0 Å². The highest BCUT2D eigenvalue weighted by Gasteiger charge is 1.93. The highest BCUT2D eigenvalue weighted by Crippen LogP contribution is 2.06. The fourth-order valence-electron chi connectivity index (χ4n) is 0.462. The van der Waals surface area contributed by atoms with Crippen molar-refractivity contribution in [2.24, 2.45) is 0 Å². The van der Waals surface area contributed by atoms with E-state index in [4.69, 9.17) is 1.37 Å². The molecule has 0 N–H and O–H groups in total. The monoisotopic (exact) mass is 120 g/mol. The minimum absolute atomic E-state index is 0.0155. The van der Waals surface area contributed by atoms with Gasteiger partial charge >= 0.3 is 0 Å². The van der Waals surface area contributed by atoms with E-state index in [-0.39, 0.29) is 11.6 Å². The standard InChI is InChI=1S/C6H14S/c1-3-5-6(7)4-2/h6-7H,3-5H2,1-2H3/i4T. The molecule has 0 amide bonds. The molecule has 0 spiro atoms. The van der Waals surface area contributed by atoms with Gasteiger partial charge in [-0.05, 0) is 12.8 Å². The van der Waals surface area contributed by atoms with E-state index in [1.54, 1.807) is 0 Å². The van der Waals surface area contributed by atoms with Gasteiger partial charge in [-0.2, -0.15) is 12.6 Å². The maximum absolute atomic E-state index is 7.21. The molecule has 0 bridgehead atoms. The van der Waals surface area contributed by atoms with E-state index >= 15 is 0 Å². The maximum Gasteiger partial charge on any atom is 0.0275 e. The predicted octanol–water partition coefficient (Wildman–Crippen LogP) is 2.49. The zero-order valence-electron chi connectivity index (χ0n) is 6.02. The van der Waals surface area contributed by atoms with Gasteiger partial charge in [0.25, 0.3) is 0 Å². The summed E-state index contributed by atoms with van der Waals surface area (Å²) >= 11 is 4.22. The van der Waals surface area contributed by atoms with E-state index in [9.17, 15) is 0 Å². The summed E-state index contributed by atoms with van der Waals surface area (Å²) in [6.45, 7) is 4.00. The molecule has 0 radical (unpaired) electrons. The van der Waals surface area contributed by atoms with Crippen LogP contribution >= 0.6 is 12.6 Å². The zero-order chi connectivity index (χ0) is 6.57. The molecule has 0 aliphatic heterocycles. The van der Waals surface area contributed by atoms with Gasteiger partial charge in [0.2, 0.25) is 0 Å². The predicted molar refractivity (Wildman–Crippen MR) is 38.0 cm³/mol. The number of hydrogen-bond donors (Lipinski definition) is 1. The lowest BCUT2D eigenvalue weighted by molar-refractivity contribution is 0.724. The Hall–Kier alpha value is 0.350. The second-order valence-electron chi connectivity index (χ2n) is 1.69. The molecule has 0 saturated carbocycles. The summed E-state index contributed by atoms with van der Waals surface area (Å²) in [5, 5.41) is 0.278. The van der Waals surface area contributed by atoms with Crippen LogP contribution in [0.5, 0.6) is 0 Å². The van der Waals surface area contributed by atoms with E-state index in [1.165, 1.54) is 0 Å². The van der Waals surface area contributed by atoms with Gasteiger partial charge in [-0.3, -0.25) is 0 Å². The van der Waals surface area contributed by atoms with Crippen molar-refractivity contribution < 1.29 is 1.37 Å². The third kappa shape index (κ3) is 4.20. The normalized spacial score (nSPS) is 20.7. The average molecular weight is 120 g/mol. The lowest BCUT2D eigenvalue weighted by Crippen LogP contribution is -1.92. The van der Waals surface area contributed by atoms with Crippen LogP contribution in [0.1, 0.15) is 34.5 Å². The number of thiol groups is 1. The molecule has 2 unspecified atom stereocenters. The van der Waals surface area contributed by atoms with E-state index in [0.717, 1.165) is 12.8 Å². The molecule has 0 rings (SSSR count). The first-order valence-corrected chi connectivity index (χ1v) is 3.30. The van der Waals surface area contributed by atoms with Crippen LogP contribution in [-0.4, -0.2) is 5.25 Å². The van der Waals surface area contributed by atoms with Crippen molar-refractivity contribution in [2.45, 2.75) is 38.3 Å². The molecule has 0 heterocycles. The Bertz CT molecular complexity index is 54.5. The molecule has 0 nitrogen and oxygen atoms in total. The third-order valence-electron chi connectivity index (χ3n) is 0.969. The van der Waals surface area contributed by atoms with Crippen molar-refractivity contribution in [1.29, 1.82) is 0 Å². The summed E-state index contributed by atoms with van der Waals surface area (Å²) in [5.74, 6) is 0. The first kappa shape index (κ1) is 5.49. The summed E-state index contributed by atoms with van der Waals surface area (Å²) in [5.41, 5.74) is 0. The molecule has 7 heavy (non-hydrogen) atoms. The zero-order valence-corrected chi connectivity index (χ0v) is 5.91. The summed E-state index contributed by atoms with van der Waals surface area (Å²) in [6.07, 6.45) is 2.18. The Morgan fingerprint density at radius 3 is 2.43 bits per heavy atom.